The van der Waals surface area contributed by atoms with Crippen molar-refractivity contribution < 1.29 is 28.6 Å². The molecule has 1 unspecified atom stereocenters. The number of hydrogen-bond donors (Lipinski definition) is 0. The molecule has 82 heavy (non-hydrogen) atoms. The first-order valence-electron chi connectivity index (χ1n) is 36.3. The molecule has 6 heteroatoms. The third-order valence-electron chi connectivity index (χ3n) is 16.3. The number of rotatable bonds is 67. The van der Waals surface area contributed by atoms with E-state index in [-0.39, 0.29) is 31.1 Å². The van der Waals surface area contributed by atoms with Gasteiger partial charge in [-0.1, -0.05) is 345 Å². The number of esters is 3. The van der Waals surface area contributed by atoms with E-state index >= 15 is 0 Å². The molecular formula is C76H138O6. The number of ether oxygens (including phenoxy) is 3. The van der Waals surface area contributed by atoms with Crippen molar-refractivity contribution in [2.24, 2.45) is 0 Å². The number of unbranched alkanes of at least 4 members (excludes halogenated alkanes) is 46. The summed E-state index contributed by atoms with van der Waals surface area (Å²) < 4.78 is 16.9. The number of allylic oxidation sites excluding steroid dienone is 10. The minimum absolute atomic E-state index is 0.0702. The van der Waals surface area contributed by atoms with Gasteiger partial charge in [0.25, 0.3) is 0 Å². The largest absolute Gasteiger partial charge is 0.462 e. The number of carbonyl (C=O) groups excluding carboxylic acids is 3. The summed E-state index contributed by atoms with van der Waals surface area (Å²) in [5, 5.41) is 0. The smallest absolute Gasteiger partial charge is 0.306 e. The van der Waals surface area contributed by atoms with Gasteiger partial charge in [-0.3, -0.25) is 14.4 Å². The molecule has 0 heterocycles. The predicted octanol–water partition coefficient (Wildman–Crippen LogP) is 25.1. The molecule has 0 aliphatic rings. The van der Waals surface area contributed by atoms with Gasteiger partial charge in [0.2, 0.25) is 0 Å². The lowest BCUT2D eigenvalue weighted by molar-refractivity contribution is -0.167. The van der Waals surface area contributed by atoms with Gasteiger partial charge in [0.1, 0.15) is 13.2 Å². The average molecular weight is 1150 g/mol. The lowest BCUT2D eigenvalue weighted by Crippen LogP contribution is -2.30. The minimum atomic E-state index is -0.771. The molecule has 478 valence electrons. The Labute approximate surface area is 510 Å². The molecule has 0 rings (SSSR count). The summed E-state index contributed by atoms with van der Waals surface area (Å²) in [6.07, 6.45) is 91.7. The van der Waals surface area contributed by atoms with Gasteiger partial charge in [-0.2, -0.15) is 0 Å². The van der Waals surface area contributed by atoms with E-state index < -0.39 is 6.10 Å². The Hall–Kier alpha value is -2.89. The maximum atomic E-state index is 12.9. The number of hydrogen-bond acceptors (Lipinski definition) is 6. The summed E-state index contributed by atoms with van der Waals surface area (Å²) >= 11 is 0. The summed E-state index contributed by atoms with van der Waals surface area (Å²) in [4.78, 5) is 38.1. The van der Waals surface area contributed by atoms with Crippen molar-refractivity contribution in [2.45, 2.75) is 393 Å². The van der Waals surface area contributed by atoms with Gasteiger partial charge in [0.05, 0.1) is 0 Å². The van der Waals surface area contributed by atoms with E-state index in [1.165, 1.54) is 263 Å². The zero-order valence-electron chi connectivity index (χ0n) is 55.0. The molecule has 0 aromatic heterocycles. The van der Waals surface area contributed by atoms with Crippen LogP contribution in [0.3, 0.4) is 0 Å². The molecule has 0 N–H and O–H groups in total. The predicted molar refractivity (Wildman–Crippen MR) is 358 cm³/mol. The summed E-state index contributed by atoms with van der Waals surface area (Å²) in [6, 6.07) is 0. The monoisotopic (exact) mass is 1150 g/mol. The molecule has 0 saturated carbocycles. The maximum Gasteiger partial charge on any atom is 0.306 e. The minimum Gasteiger partial charge on any atom is -0.462 e. The zero-order chi connectivity index (χ0) is 59.2. The fourth-order valence-corrected chi connectivity index (χ4v) is 10.8. The second kappa shape index (κ2) is 70.6. The Morgan fingerprint density at radius 3 is 0.756 bits per heavy atom. The highest BCUT2D eigenvalue weighted by molar-refractivity contribution is 5.71. The van der Waals surface area contributed by atoms with E-state index in [9.17, 15) is 14.4 Å². The van der Waals surface area contributed by atoms with Crippen LogP contribution in [0, 0.1) is 0 Å². The van der Waals surface area contributed by atoms with Gasteiger partial charge >= 0.3 is 17.9 Å². The van der Waals surface area contributed by atoms with Gasteiger partial charge in [0.15, 0.2) is 6.10 Å². The lowest BCUT2D eigenvalue weighted by atomic mass is 10.0. The van der Waals surface area contributed by atoms with Crippen LogP contribution in [0.2, 0.25) is 0 Å². The van der Waals surface area contributed by atoms with Crippen LogP contribution in [0.25, 0.3) is 0 Å². The molecule has 0 aromatic rings. The highest BCUT2D eigenvalue weighted by Crippen LogP contribution is 2.18. The average Bonchev–Trinajstić information content (AvgIpc) is 3.47. The topological polar surface area (TPSA) is 78.9 Å². The second-order valence-electron chi connectivity index (χ2n) is 24.5. The normalized spacial score (nSPS) is 12.4. The molecule has 1 atom stereocenters. The van der Waals surface area contributed by atoms with Crippen LogP contribution in [0.1, 0.15) is 387 Å². The molecule has 0 fully saturated rings. The molecule has 0 aliphatic carbocycles. The van der Waals surface area contributed by atoms with E-state index in [1.807, 2.05) is 0 Å². The van der Waals surface area contributed by atoms with E-state index in [1.54, 1.807) is 0 Å². The maximum absolute atomic E-state index is 12.9. The molecule has 0 spiro atoms. The first kappa shape index (κ1) is 79.1. The Kier molecular flexibility index (Phi) is 68.1. The molecular weight excluding hydrogens is 1010 g/mol. The van der Waals surface area contributed by atoms with Crippen molar-refractivity contribution in [1.82, 2.24) is 0 Å². The fourth-order valence-electron chi connectivity index (χ4n) is 10.8. The molecule has 6 nitrogen and oxygen atoms in total. The molecule has 0 aromatic carbocycles. The summed E-state index contributed by atoms with van der Waals surface area (Å²) in [6.45, 7) is 6.52. The van der Waals surface area contributed by atoms with Gasteiger partial charge < -0.3 is 14.2 Å². The Bertz CT molecular complexity index is 1460. The zero-order valence-corrected chi connectivity index (χ0v) is 55.0. The Balaban J connectivity index is 3.95. The highest BCUT2D eigenvalue weighted by Gasteiger charge is 2.19. The van der Waals surface area contributed by atoms with Crippen LogP contribution in [-0.4, -0.2) is 37.2 Å². The van der Waals surface area contributed by atoms with Crippen LogP contribution >= 0.6 is 0 Å². The molecule has 0 bridgehead atoms. The second-order valence-corrected chi connectivity index (χ2v) is 24.5. The van der Waals surface area contributed by atoms with Crippen LogP contribution in [0.4, 0.5) is 0 Å². The summed E-state index contributed by atoms with van der Waals surface area (Å²) in [5.74, 6) is -0.861. The van der Waals surface area contributed by atoms with Crippen molar-refractivity contribution in [3.63, 3.8) is 0 Å². The van der Waals surface area contributed by atoms with Crippen molar-refractivity contribution >= 4 is 17.9 Å². The Morgan fingerprint density at radius 1 is 0.256 bits per heavy atom. The summed E-state index contributed by atoms with van der Waals surface area (Å²) in [7, 11) is 0. The van der Waals surface area contributed by atoms with Crippen molar-refractivity contribution in [3.8, 4) is 0 Å². The molecule has 0 radical (unpaired) electrons. The quantitative estimate of drug-likeness (QED) is 0.0261. The van der Waals surface area contributed by atoms with Crippen LogP contribution in [0.5, 0.6) is 0 Å². The van der Waals surface area contributed by atoms with Crippen molar-refractivity contribution in [1.29, 1.82) is 0 Å². The van der Waals surface area contributed by atoms with E-state index in [2.05, 4.69) is 81.5 Å². The summed E-state index contributed by atoms with van der Waals surface area (Å²) in [5.41, 5.74) is 0. The highest BCUT2D eigenvalue weighted by atomic mass is 16.6. The van der Waals surface area contributed by atoms with Crippen LogP contribution in [-0.2, 0) is 28.6 Å². The van der Waals surface area contributed by atoms with E-state index in [0.29, 0.717) is 19.3 Å². The van der Waals surface area contributed by atoms with Crippen LogP contribution in [0.15, 0.2) is 60.8 Å². The fraction of sp³-hybridized carbons (Fsp3) is 0.829. The van der Waals surface area contributed by atoms with Gasteiger partial charge in [-0.15, -0.1) is 0 Å². The molecule has 0 aliphatic heterocycles. The third-order valence-corrected chi connectivity index (χ3v) is 16.3. The van der Waals surface area contributed by atoms with Gasteiger partial charge in [-0.25, -0.2) is 0 Å². The van der Waals surface area contributed by atoms with E-state index in [4.69, 9.17) is 14.2 Å². The van der Waals surface area contributed by atoms with E-state index in [0.717, 1.165) is 83.5 Å². The SMILES string of the molecule is CC/C=C\C/C=C\C/C=C\C/C=C\CCCCCCCCCCCCCCC(=O)OC(COC(=O)CCCCCCCC)COC(=O)CCCCCCCCCCCCCCCCCCCCCCC/C=C\CCCCCCCCCC. The Morgan fingerprint density at radius 2 is 0.476 bits per heavy atom. The van der Waals surface area contributed by atoms with Gasteiger partial charge in [-0.05, 0) is 83.5 Å². The van der Waals surface area contributed by atoms with Crippen molar-refractivity contribution in [2.75, 3.05) is 13.2 Å². The van der Waals surface area contributed by atoms with Crippen LogP contribution < -0.4 is 0 Å². The third kappa shape index (κ3) is 67.9. The van der Waals surface area contributed by atoms with Gasteiger partial charge in [0, 0.05) is 19.3 Å². The van der Waals surface area contributed by atoms with Crippen molar-refractivity contribution in [3.05, 3.63) is 60.8 Å². The first-order chi connectivity index (χ1) is 40.5. The first-order valence-corrected chi connectivity index (χ1v) is 36.3. The standard InChI is InChI=1S/C76H138O6/c1-4-7-10-13-16-18-20-22-24-26-28-30-32-34-35-36-37-38-39-40-41-43-44-46-48-50-52-54-56-58-60-63-66-69-75(78)81-72-73(71-80-74(77)68-65-62-15-12-9-6-3)82-76(79)70-67-64-61-59-57-55-53-51-49-47-45-42-33-31-29-27-25-23-21-19-17-14-11-8-5-2/h8,11,17,19,23,25-26,28-29,31,73H,4-7,9-10,12-16,18,20-22,24,27,30,32-72H2,1-3H3/b11-8-,19-17-,25-23-,28-26-,31-29-. The lowest BCUT2D eigenvalue weighted by Gasteiger charge is -2.18. The molecule has 0 saturated heterocycles. The molecule has 0 amide bonds. The number of carbonyl (C=O) groups is 3.